The minimum atomic E-state index is 0.0497. The second kappa shape index (κ2) is 10.3. The first-order valence-corrected chi connectivity index (χ1v) is 11.6. The molecule has 1 fully saturated rings. The van der Waals surface area contributed by atoms with Gasteiger partial charge >= 0.3 is 0 Å². The van der Waals surface area contributed by atoms with Crippen LogP contribution in [0.5, 0.6) is 0 Å². The predicted octanol–water partition coefficient (Wildman–Crippen LogP) is 6.22. The van der Waals surface area contributed by atoms with Gasteiger partial charge in [-0.15, -0.1) is 0 Å². The fourth-order valence-electron chi connectivity index (χ4n) is 4.73. The quantitative estimate of drug-likeness (QED) is 0.268. The Morgan fingerprint density at radius 1 is 1.09 bits per heavy atom. The summed E-state index contributed by atoms with van der Waals surface area (Å²) in [6, 6.07) is 18.9. The van der Waals surface area contributed by atoms with Crippen molar-refractivity contribution in [3.8, 4) is 0 Å². The lowest BCUT2D eigenvalue weighted by molar-refractivity contribution is 0.317. The number of aryl methyl sites for hydroxylation is 2. The van der Waals surface area contributed by atoms with Crippen LogP contribution in [0.1, 0.15) is 64.6 Å². The van der Waals surface area contributed by atoms with Crippen molar-refractivity contribution in [3.05, 3.63) is 99.3 Å². The highest BCUT2D eigenvalue weighted by molar-refractivity contribution is 6.30. The van der Waals surface area contributed by atoms with Crippen LogP contribution in [0.2, 0.25) is 5.02 Å². The van der Waals surface area contributed by atoms with E-state index in [1.54, 1.807) is 6.20 Å². The number of hydrogen-bond acceptors (Lipinski definition) is 4. The zero-order valence-electron chi connectivity index (χ0n) is 18.7. The molecule has 0 unspecified atom stereocenters. The van der Waals surface area contributed by atoms with E-state index in [4.69, 9.17) is 11.6 Å². The Morgan fingerprint density at radius 3 is 2.50 bits per heavy atom. The summed E-state index contributed by atoms with van der Waals surface area (Å²) in [6.45, 7) is 6.20. The van der Waals surface area contributed by atoms with E-state index in [0.29, 0.717) is 18.1 Å². The number of nitrogens with zero attached hydrogens (tertiary/aromatic N) is 2. The maximum absolute atomic E-state index is 9.88. The van der Waals surface area contributed by atoms with Crippen LogP contribution in [0.3, 0.4) is 0 Å². The van der Waals surface area contributed by atoms with Gasteiger partial charge in [-0.05, 0) is 92.2 Å². The van der Waals surface area contributed by atoms with Crippen LogP contribution in [0.4, 0.5) is 0 Å². The first kappa shape index (κ1) is 22.5. The summed E-state index contributed by atoms with van der Waals surface area (Å²) in [5.74, 6) is 0.670. The van der Waals surface area contributed by atoms with Gasteiger partial charge in [0.2, 0.25) is 0 Å². The summed E-state index contributed by atoms with van der Waals surface area (Å²) in [7, 11) is 0. The molecule has 1 atom stereocenters. The molecule has 4 nitrogen and oxygen atoms in total. The molecule has 2 heterocycles. The molecule has 166 valence electrons. The highest BCUT2D eigenvalue weighted by Gasteiger charge is 2.22. The van der Waals surface area contributed by atoms with E-state index in [2.05, 4.69) is 52.7 Å². The van der Waals surface area contributed by atoms with Crippen molar-refractivity contribution >= 4 is 17.3 Å². The molecule has 0 spiro atoms. The number of rotatable bonds is 6. The molecule has 3 aromatic rings. The number of nitrogens with one attached hydrogen (secondary N) is 1. The molecule has 1 aliphatic heterocycles. The van der Waals surface area contributed by atoms with Crippen molar-refractivity contribution in [2.24, 2.45) is 5.16 Å². The average Bonchev–Trinajstić information content (AvgIpc) is 2.81. The van der Waals surface area contributed by atoms with Crippen LogP contribution >= 0.6 is 11.6 Å². The fourth-order valence-corrected chi connectivity index (χ4v) is 4.95. The largest absolute Gasteiger partial charge is 0.411 e. The number of pyridine rings is 1. The van der Waals surface area contributed by atoms with Crippen LogP contribution in [-0.2, 0) is 0 Å². The number of hydrogen-bond donors (Lipinski definition) is 2. The molecule has 0 amide bonds. The minimum Gasteiger partial charge on any atom is -0.411 e. The van der Waals surface area contributed by atoms with E-state index in [1.165, 1.54) is 29.5 Å². The highest BCUT2D eigenvalue weighted by atomic mass is 35.5. The Kier molecular flexibility index (Phi) is 7.23. The molecule has 5 heteroatoms. The molecule has 0 saturated carbocycles. The second-order valence-corrected chi connectivity index (χ2v) is 9.12. The molecular weight excluding hydrogens is 418 g/mol. The van der Waals surface area contributed by atoms with Gasteiger partial charge in [0.1, 0.15) is 0 Å². The van der Waals surface area contributed by atoms with Crippen LogP contribution in [-0.4, -0.2) is 29.0 Å². The topological polar surface area (TPSA) is 57.5 Å². The third-order valence-electron chi connectivity index (χ3n) is 6.50. The maximum Gasteiger partial charge on any atom is 0.0878 e. The molecular formula is C27H30ClN3O. The van der Waals surface area contributed by atoms with Gasteiger partial charge in [-0.1, -0.05) is 47.1 Å². The molecule has 2 N–H and O–H groups in total. The number of aromatic nitrogens is 1. The Bertz CT molecular complexity index is 1090. The van der Waals surface area contributed by atoms with Gasteiger partial charge < -0.3 is 10.5 Å². The number of oxime groups is 1. The van der Waals surface area contributed by atoms with Crippen molar-refractivity contribution in [1.82, 2.24) is 10.3 Å². The third-order valence-corrected chi connectivity index (χ3v) is 6.74. The fraction of sp³-hybridized carbons (Fsp3) is 0.333. The van der Waals surface area contributed by atoms with E-state index in [1.807, 2.05) is 31.2 Å². The predicted molar refractivity (Wildman–Crippen MR) is 131 cm³/mol. The average molecular weight is 448 g/mol. The second-order valence-electron chi connectivity index (χ2n) is 8.68. The van der Waals surface area contributed by atoms with Gasteiger partial charge in [0, 0.05) is 34.8 Å². The standard InChI is InChI=1S/C27H30ClN3O/c1-18-15-24(28)7-8-25(18)26(17-27(31-32)23-11-14-30-19(2)16-23)22-5-3-20(4-6-22)21-9-12-29-13-10-21/h3-8,11,14-16,21,26,29,32H,9-10,12-13,17H2,1-2H3/t26-/m1/s1. The first-order chi connectivity index (χ1) is 15.5. The molecule has 2 aromatic carbocycles. The van der Waals surface area contributed by atoms with Gasteiger partial charge in [0.15, 0.2) is 0 Å². The lowest BCUT2D eigenvalue weighted by atomic mass is 9.82. The van der Waals surface area contributed by atoms with E-state index < -0.39 is 0 Å². The molecule has 1 aliphatic rings. The minimum absolute atomic E-state index is 0.0497. The van der Waals surface area contributed by atoms with E-state index in [-0.39, 0.29) is 5.92 Å². The Balaban J connectivity index is 1.69. The Hall–Kier alpha value is -2.69. The first-order valence-electron chi connectivity index (χ1n) is 11.3. The summed E-state index contributed by atoms with van der Waals surface area (Å²) in [5.41, 5.74) is 7.38. The van der Waals surface area contributed by atoms with Crippen LogP contribution in [0.15, 0.2) is 65.9 Å². The normalized spacial score (nSPS) is 16.2. The smallest absolute Gasteiger partial charge is 0.0878 e. The number of benzene rings is 2. The summed E-state index contributed by atoms with van der Waals surface area (Å²) >= 11 is 6.24. The Morgan fingerprint density at radius 2 is 1.84 bits per heavy atom. The monoisotopic (exact) mass is 447 g/mol. The van der Waals surface area contributed by atoms with Gasteiger partial charge in [-0.25, -0.2) is 0 Å². The third kappa shape index (κ3) is 5.20. The van der Waals surface area contributed by atoms with Crippen molar-refractivity contribution in [1.29, 1.82) is 0 Å². The van der Waals surface area contributed by atoms with Crippen molar-refractivity contribution in [2.75, 3.05) is 13.1 Å². The van der Waals surface area contributed by atoms with Crippen molar-refractivity contribution in [3.63, 3.8) is 0 Å². The molecule has 32 heavy (non-hydrogen) atoms. The van der Waals surface area contributed by atoms with Crippen LogP contribution in [0, 0.1) is 13.8 Å². The van der Waals surface area contributed by atoms with Gasteiger partial charge in [0.25, 0.3) is 0 Å². The summed E-state index contributed by atoms with van der Waals surface area (Å²) in [5, 5.41) is 17.7. The van der Waals surface area contributed by atoms with Crippen LogP contribution < -0.4 is 5.32 Å². The molecule has 4 rings (SSSR count). The van der Waals surface area contributed by atoms with E-state index in [0.717, 1.165) is 34.9 Å². The molecule has 0 radical (unpaired) electrons. The lowest BCUT2D eigenvalue weighted by Crippen LogP contribution is -2.26. The summed E-state index contributed by atoms with van der Waals surface area (Å²) in [4.78, 5) is 4.27. The van der Waals surface area contributed by atoms with E-state index in [9.17, 15) is 5.21 Å². The van der Waals surface area contributed by atoms with Crippen LogP contribution in [0.25, 0.3) is 0 Å². The summed E-state index contributed by atoms with van der Waals surface area (Å²) < 4.78 is 0. The van der Waals surface area contributed by atoms with Gasteiger partial charge in [-0.3, -0.25) is 4.98 Å². The molecule has 0 bridgehead atoms. The Labute approximate surface area is 195 Å². The van der Waals surface area contributed by atoms with E-state index >= 15 is 0 Å². The zero-order valence-corrected chi connectivity index (χ0v) is 19.4. The highest BCUT2D eigenvalue weighted by Crippen LogP contribution is 2.34. The molecule has 0 aliphatic carbocycles. The molecule has 1 saturated heterocycles. The molecule has 1 aromatic heterocycles. The number of piperidine rings is 1. The number of halogens is 1. The zero-order chi connectivity index (χ0) is 22.5. The maximum atomic E-state index is 9.88. The lowest BCUT2D eigenvalue weighted by Gasteiger charge is -2.25. The summed E-state index contributed by atoms with van der Waals surface area (Å²) in [6.07, 6.45) is 4.70. The van der Waals surface area contributed by atoms with Crippen molar-refractivity contribution < 1.29 is 5.21 Å². The van der Waals surface area contributed by atoms with Gasteiger partial charge in [0.05, 0.1) is 5.71 Å². The van der Waals surface area contributed by atoms with Crippen molar-refractivity contribution in [2.45, 2.75) is 44.9 Å². The van der Waals surface area contributed by atoms with Gasteiger partial charge in [-0.2, -0.15) is 0 Å². The SMILES string of the molecule is Cc1cc(C(C[C@H](c2ccc(C3CCNCC3)cc2)c2ccc(Cl)cc2C)=NO)ccn1.